The molecule has 0 saturated carbocycles. The minimum Gasteiger partial charge on any atom is -0.496 e. The summed E-state index contributed by atoms with van der Waals surface area (Å²) in [5, 5.41) is 0. The van der Waals surface area contributed by atoms with Gasteiger partial charge in [0.1, 0.15) is 5.75 Å². The average Bonchev–Trinajstić information content (AvgIpc) is 2.60. The topological polar surface area (TPSA) is 55.8 Å². The summed E-state index contributed by atoms with van der Waals surface area (Å²) < 4.78 is 10.6. The Labute approximate surface area is 150 Å². The highest BCUT2D eigenvalue weighted by Crippen LogP contribution is 2.29. The third kappa shape index (κ3) is 4.33. The molecule has 0 aliphatic carbocycles. The number of piperidine rings is 1. The summed E-state index contributed by atoms with van der Waals surface area (Å²) in [5.74, 6) is 0.570. The van der Waals surface area contributed by atoms with Crippen LogP contribution < -0.4 is 4.74 Å². The molecule has 1 amide bonds. The van der Waals surface area contributed by atoms with Crippen LogP contribution >= 0.6 is 0 Å². The number of aryl methyl sites for hydroxylation is 1. The van der Waals surface area contributed by atoms with E-state index >= 15 is 0 Å². The van der Waals surface area contributed by atoms with Crippen molar-refractivity contribution in [2.24, 2.45) is 5.92 Å². The Morgan fingerprint density at radius 1 is 1.24 bits per heavy atom. The van der Waals surface area contributed by atoms with E-state index in [2.05, 4.69) is 0 Å². The fraction of sp³-hybridized carbons (Fsp3) is 0.600. The lowest BCUT2D eigenvalue weighted by Crippen LogP contribution is -2.43. The maximum Gasteiger partial charge on any atom is 0.310 e. The molecule has 1 aromatic carbocycles. The van der Waals surface area contributed by atoms with Crippen LogP contribution in [0.4, 0.5) is 0 Å². The second kappa shape index (κ2) is 8.37. The standard InChI is InChI=1S/C20H29NO4/c1-6-25-20(23)16-8-7-9-21(12-16)18(22)11-17-10-13(2)19(24-5)15(4)14(17)3/h10,16H,6-9,11-12H2,1-5H3. The van der Waals surface area contributed by atoms with Crippen LogP contribution in [0.5, 0.6) is 5.75 Å². The fourth-order valence-corrected chi connectivity index (χ4v) is 3.57. The first kappa shape index (κ1) is 19.3. The van der Waals surface area contributed by atoms with Gasteiger partial charge in [-0.3, -0.25) is 9.59 Å². The van der Waals surface area contributed by atoms with Crippen LogP contribution in [0.3, 0.4) is 0 Å². The summed E-state index contributed by atoms with van der Waals surface area (Å²) in [6, 6.07) is 2.03. The van der Waals surface area contributed by atoms with Crippen molar-refractivity contribution in [3.05, 3.63) is 28.3 Å². The minimum atomic E-state index is -0.196. The molecule has 1 fully saturated rings. The lowest BCUT2D eigenvalue weighted by Gasteiger charge is -2.32. The molecule has 25 heavy (non-hydrogen) atoms. The first-order chi connectivity index (χ1) is 11.9. The number of methoxy groups -OCH3 is 1. The molecule has 1 saturated heterocycles. The molecule has 5 heteroatoms. The predicted molar refractivity (Wildman–Crippen MR) is 96.8 cm³/mol. The third-order valence-corrected chi connectivity index (χ3v) is 5.07. The van der Waals surface area contributed by atoms with E-state index in [0.29, 0.717) is 26.1 Å². The number of amides is 1. The van der Waals surface area contributed by atoms with Gasteiger partial charge in [0.05, 0.1) is 26.1 Å². The number of hydrogen-bond acceptors (Lipinski definition) is 4. The van der Waals surface area contributed by atoms with Crippen LogP contribution in [0.1, 0.15) is 42.0 Å². The molecule has 138 valence electrons. The summed E-state index contributed by atoms with van der Waals surface area (Å²) in [4.78, 5) is 26.5. The number of benzene rings is 1. The maximum atomic E-state index is 12.8. The van der Waals surface area contributed by atoms with Crippen molar-refractivity contribution in [1.82, 2.24) is 4.90 Å². The number of nitrogens with zero attached hydrogens (tertiary/aromatic N) is 1. The first-order valence-corrected chi connectivity index (χ1v) is 8.97. The van der Waals surface area contributed by atoms with E-state index in [4.69, 9.17) is 9.47 Å². The summed E-state index contributed by atoms with van der Waals surface area (Å²) in [6.07, 6.45) is 1.99. The molecule has 1 atom stereocenters. The summed E-state index contributed by atoms with van der Waals surface area (Å²) >= 11 is 0. The molecule has 0 spiro atoms. The Balaban J connectivity index is 2.10. The summed E-state index contributed by atoms with van der Waals surface area (Å²) in [7, 11) is 1.67. The van der Waals surface area contributed by atoms with Gasteiger partial charge < -0.3 is 14.4 Å². The molecule has 2 rings (SSSR count). The van der Waals surface area contributed by atoms with Gasteiger partial charge in [0, 0.05) is 13.1 Å². The van der Waals surface area contributed by atoms with Crippen molar-refractivity contribution < 1.29 is 19.1 Å². The van der Waals surface area contributed by atoms with Crippen molar-refractivity contribution in [2.75, 3.05) is 26.8 Å². The van der Waals surface area contributed by atoms with Crippen LogP contribution in [-0.2, 0) is 20.7 Å². The smallest absolute Gasteiger partial charge is 0.310 e. The van der Waals surface area contributed by atoms with Gasteiger partial charge >= 0.3 is 5.97 Å². The zero-order valence-electron chi connectivity index (χ0n) is 16.0. The molecule has 1 heterocycles. The summed E-state index contributed by atoms with van der Waals surface area (Å²) in [5.41, 5.74) is 4.23. The van der Waals surface area contributed by atoms with Crippen LogP contribution in [0, 0.1) is 26.7 Å². The zero-order valence-corrected chi connectivity index (χ0v) is 16.0. The van der Waals surface area contributed by atoms with E-state index < -0.39 is 0 Å². The van der Waals surface area contributed by atoms with E-state index in [9.17, 15) is 9.59 Å². The molecule has 1 aliphatic heterocycles. The number of carbonyl (C=O) groups is 2. The molecular weight excluding hydrogens is 318 g/mol. The van der Waals surface area contributed by atoms with Gasteiger partial charge in [0.2, 0.25) is 5.91 Å². The Hall–Kier alpha value is -2.04. The van der Waals surface area contributed by atoms with Crippen molar-refractivity contribution >= 4 is 11.9 Å². The molecule has 1 aromatic rings. The highest BCUT2D eigenvalue weighted by Gasteiger charge is 2.29. The Morgan fingerprint density at radius 3 is 2.60 bits per heavy atom. The van der Waals surface area contributed by atoms with Crippen molar-refractivity contribution in [3.63, 3.8) is 0 Å². The first-order valence-electron chi connectivity index (χ1n) is 8.97. The SMILES string of the molecule is CCOC(=O)C1CCCN(C(=O)Cc2cc(C)c(OC)c(C)c2C)C1. The largest absolute Gasteiger partial charge is 0.496 e. The number of esters is 1. The van der Waals surface area contributed by atoms with E-state index in [1.165, 1.54) is 0 Å². The molecule has 5 nitrogen and oxygen atoms in total. The maximum absolute atomic E-state index is 12.8. The second-order valence-electron chi connectivity index (χ2n) is 6.74. The Kier molecular flexibility index (Phi) is 6.45. The average molecular weight is 347 g/mol. The number of hydrogen-bond donors (Lipinski definition) is 0. The van der Waals surface area contributed by atoms with Gasteiger partial charge in [-0.2, -0.15) is 0 Å². The number of carbonyl (C=O) groups excluding carboxylic acids is 2. The summed E-state index contributed by atoms with van der Waals surface area (Å²) in [6.45, 7) is 9.40. The molecule has 0 bridgehead atoms. The molecule has 0 aromatic heterocycles. The lowest BCUT2D eigenvalue weighted by atomic mass is 9.94. The van der Waals surface area contributed by atoms with Gasteiger partial charge in [-0.05, 0) is 62.8 Å². The quantitative estimate of drug-likeness (QED) is 0.769. The van der Waals surface area contributed by atoms with Gasteiger partial charge in [0.25, 0.3) is 0 Å². The molecule has 0 radical (unpaired) electrons. The van der Waals surface area contributed by atoms with Gasteiger partial charge in [-0.1, -0.05) is 6.07 Å². The highest BCUT2D eigenvalue weighted by molar-refractivity contribution is 5.81. The lowest BCUT2D eigenvalue weighted by molar-refractivity contribution is -0.151. The molecule has 1 unspecified atom stereocenters. The third-order valence-electron chi connectivity index (χ3n) is 5.07. The normalized spacial score (nSPS) is 17.3. The van der Waals surface area contributed by atoms with E-state index in [-0.39, 0.29) is 17.8 Å². The van der Waals surface area contributed by atoms with Gasteiger partial charge in [0.15, 0.2) is 0 Å². The number of ether oxygens (including phenoxy) is 2. The van der Waals surface area contributed by atoms with Crippen LogP contribution in [0.25, 0.3) is 0 Å². The van der Waals surface area contributed by atoms with Crippen molar-refractivity contribution in [1.29, 1.82) is 0 Å². The van der Waals surface area contributed by atoms with Crippen LogP contribution in [0.2, 0.25) is 0 Å². The van der Waals surface area contributed by atoms with Crippen molar-refractivity contribution in [2.45, 2.75) is 47.0 Å². The van der Waals surface area contributed by atoms with Crippen LogP contribution in [-0.4, -0.2) is 43.6 Å². The Morgan fingerprint density at radius 2 is 1.96 bits per heavy atom. The number of rotatable bonds is 5. The minimum absolute atomic E-state index is 0.0704. The van der Waals surface area contributed by atoms with E-state index in [1.54, 1.807) is 18.9 Å². The molecule has 1 aliphatic rings. The van der Waals surface area contributed by atoms with Gasteiger partial charge in [-0.15, -0.1) is 0 Å². The Bertz CT molecular complexity index is 654. The molecular formula is C20H29NO4. The number of likely N-dealkylation sites (tertiary alicyclic amines) is 1. The second-order valence-corrected chi connectivity index (χ2v) is 6.74. The van der Waals surface area contributed by atoms with Crippen LogP contribution in [0.15, 0.2) is 6.07 Å². The zero-order chi connectivity index (χ0) is 18.6. The van der Waals surface area contributed by atoms with Crippen molar-refractivity contribution in [3.8, 4) is 5.75 Å². The monoisotopic (exact) mass is 347 g/mol. The highest BCUT2D eigenvalue weighted by atomic mass is 16.5. The van der Waals surface area contributed by atoms with E-state index in [0.717, 1.165) is 40.8 Å². The van der Waals surface area contributed by atoms with E-state index in [1.807, 2.05) is 26.8 Å². The predicted octanol–water partition coefficient (Wildman–Crippen LogP) is 2.96. The molecule has 0 N–H and O–H groups in total. The fourth-order valence-electron chi connectivity index (χ4n) is 3.57. The van der Waals surface area contributed by atoms with Gasteiger partial charge in [-0.25, -0.2) is 0 Å².